The van der Waals surface area contributed by atoms with Gasteiger partial charge in [-0.3, -0.25) is 14.9 Å². The summed E-state index contributed by atoms with van der Waals surface area (Å²) in [4.78, 5) is 34.1. The van der Waals surface area contributed by atoms with Crippen LogP contribution < -0.4 is 10.2 Å². The van der Waals surface area contributed by atoms with Gasteiger partial charge in [0.15, 0.2) is 0 Å². The molecule has 0 saturated heterocycles. The number of carbonyl (C=O) groups excluding carboxylic acids is 2. The van der Waals surface area contributed by atoms with Crippen molar-refractivity contribution in [3.8, 4) is 5.75 Å². The van der Waals surface area contributed by atoms with E-state index in [9.17, 15) is 19.7 Å². The molecule has 0 fully saturated rings. The Kier molecular flexibility index (Phi) is 5.79. The molecule has 0 bridgehead atoms. The van der Waals surface area contributed by atoms with E-state index in [0.29, 0.717) is 22.6 Å². The lowest BCUT2D eigenvalue weighted by Crippen LogP contribution is -2.17. The van der Waals surface area contributed by atoms with Crippen LogP contribution in [-0.2, 0) is 0 Å². The molecule has 146 valence electrons. The van der Waals surface area contributed by atoms with Crippen LogP contribution >= 0.6 is 0 Å². The number of hydrogen-bond donors (Lipinski definition) is 1. The van der Waals surface area contributed by atoms with Crippen LogP contribution in [0.15, 0.2) is 70.4 Å². The summed E-state index contributed by atoms with van der Waals surface area (Å²) in [6.07, 6.45) is 2.86. The zero-order chi connectivity index (χ0) is 20.8. The van der Waals surface area contributed by atoms with Crippen LogP contribution in [0.1, 0.15) is 32.0 Å². The van der Waals surface area contributed by atoms with Crippen LogP contribution in [0, 0.1) is 17.0 Å². The van der Waals surface area contributed by atoms with Gasteiger partial charge in [0.05, 0.1) is 28.5 Å². The first-order chi connectivity index (χ1) is 13.9. The molecule has 3 rings (SSSR count). The molecule has 0 aliphatic rings. The highest BCUT2D eigenvalue weighted by atomic mass is 16.6. The van der Waals surface area contributed by atoms with E-state index in [4.69, 9.17) is 9.15 Å². The minimum absolute atomic E-state index is 0.111. The van der Waals surface area contributed by atoms with Gasteiger partial charge in [0.2, 0.25) is 0 Å². The molecule has 1 amide bonds. The van der Waals surface area contributed by atoms with E-state index in [1.807, 2.05) is 0 Å². The number of nitro groups is 1. The molecule has 0 radical (unpaired) electrons. The second-order valence-corrected chi connectivity index (χ2v) is 5.85. The Balaban J connectivity index is 1.57. The Labute approximate surface area is 164 Å². The fourth-order valence-electron chi connectivity index (χ4n) is 2.35. The first-order valence-corrected chi connectivity index (χ1v) is 8.38. The average molecular weight is 393 g/mol. The molecule has 1 aromatic heterocycles. The lowest BCUT2D eigenvalue weighted by Gasteiger charge is -2.04. The van der Waals surface area contributed by atoms with E-state index in [-0.39, 0.29) is 17.2 Å². The molecular weight excluding hydrogens is 378 g/mol. The van der Waals surface area contributed by atoms with Gasteiger partial charge in [0.1, 0.15) is 11.5 Å². The maximum atomic E-state index is 12.1. The predicted octanol–water partition coefficient (Wildman–Crippen LogP) is 3.48. The summed E-state index contributed by atoms with van der Waals surface area (Å²) in [5, 5.41) is 14.5. The Bertz CT molecular complexity index is 1070. The second-order valence-electron chi connectivity index (χ2n) is 5.85. The minimum atomic E-state index is -0.635. The normalized spacial score (nSPS) is 10.7. The first-order valence-electron chi connectivity index (χ1n) is 8.38. The number of hydrogen-bond acceptors (Lipinski definition) is 7. The molecule has 0 saturated carbocycles. The van der Waals surface area contributed by atoms with Gasteiger partial charge in [0.25, 0.3) is 11.6 Å². The summed E-state index contributed by atoms with van der Waals surface area (Å²) < 4.78 is 10.3. The number of amides is 1. The minimum Gasteiger partial charge on any atom is -0.469 e. The van der Waals surface area contributed by atoms with Crippen molar-refractivity contribution >= 4 is 23.8 Å². The molecule has 9 nitrogen and oxygen atoms in total. The van der Waals surface area contributed by atoms with Crippen LogP contribution in [0.2, 0.25) is 0 Å². The number of nitrogens with zero attached hydrogens (tertiary/aromatic N) is 2. The number of rotatable bonds is 6. The maximum Gasteiger partial charge on any atom is 0.343 e. The van der Waals surface area contributed by atoms with Crippen LogP contribution in [0.25, 0.3) is 0 Å². The van der Waals surface area contributed by atoms with Crippen molar-refractivity contribution < 1.29 is 23.7 Å². The molecule has 9 heteroatoms. The lowest BCUT2D eigenvalue weighted by molar-refractivity contribution is -0.384. The molecule has 0 atom stereocenters. The third kappa shape index (κ3) is 4.92. The van der Waals surface area contributed by atoms with E-state index in [0.717, 1.165) is 0 Å². The fraction of sp³-hybridized carbons (Fsp3) is 0.0500. The quantitative estimate of drug-likeness (QED) is 0.225. The van der Waals surface area contributed by atoms with E-state index in [2.05, 4.69) is 10.5 Å². The monoisotopic (exact) mass is 393 g/mol. The molecule has 0 aliphatic heterocycles. The summed E-state index contributed by atoms with van der Waals surface area (Å²) in [7, 11) is 0. The molecular formula is C20H15N3O6. The Morgan fingerprint density at radius 1 is 1.10 bits per heavy atom. The van der Waals surface area contributed by atoms with Gasteiger partial charge in [-0.05, 0) is 55.0 Å². The molecule has 1 heterocycles. The van der Waals surface area contributed by atoms with Crippen molar-refractivity contribution in [3.05, 3.63) is 93.4 Å². The van der Waals surface area contributed by atoms with Gasteiger partial charge >= 0.3 is 5.97 Å². The van der Waals surface area contributed by atoms with Crippen molar-refractivity contribution in [2.24, 2.45) is 5.10 Å². The topological polar surface area (TPSA) is 124 Å². The zero-order valence-electron chi connectivity index (χ0n) is 15.2. The van der Waals surface area contributed by atoms with Crippen molar-refractivity contribution in [2.45, 2.75) is 6.92 Å². The standard InChI is InChI=1S/C20H15N3O6/c1-13-18(10-11-28-13)19(24)22-21-12-14-2-8-17(9-3-14)29-20(25)15-4-6-16(7-5-15)23(26)27/h2-12H,1H3,(H,22,24). The predicted molar refractivity (Wildman–Crippen MR) is 103 cm³/mol. The molecule has 0 spiro atoms. The molecule has 0 unspecified atom stereocenters. The van der Waals surface area contributed by atoms with Gasteiger partial charge in [-0.1, -0.05) is 0 Å². The number of carbonyl (C=O) groups is 2. The smallest absolute Gasteiger partial charge is 0.343 e. The summed E-state index contributed by atoms with van der Waals surface area (Å²) >= 11 is 0. The van der Waals surface area contributed by atoms with E-state index < -0.39 is 10.9 Å². The SMILES string of the molecule is Cc1occc1C(=O)NN=Cc1ccc(OC(=O)c2ccc([N+](=O)[O-])cc2)cc1. The average Bonchev–Trinajstić information content (AvgIpc) is 3.15. The van der Waals surface area contributed by atoms with Crippen molar-refractivity contribution in [1.29, 1.82) is 0 Å². The number of non-ortho nitro benzene ring substituents is 1. The van der Waals surface area contributed by atoms with Crippen LogP contribution in [-0.4, -0.2) is 23.0 Å². The van der Waals surface area contributed by atoms with E-state index in [1.165, 1.54) is 36.7 Å². The van der Waals surface area contributed by atoms with Crippen molar-refractivity contribution in [2.75, 3.05) is 0 Å². The number of ether oxygens (including phenoxy) is 1. The highest BCUT2D eigenvalue weighted by Gasteiger charge is 2.12. The summed E-state index contributed by atoms with van der Waals surface area (Å²) in [5.41, 5.74) is 3.54. The second kappa shape index (κ2) is 8.61. The highest BCUT2D eigenvalue weighted by molar-refractivity contribution is 5.95. The number of furan rings is 1. The fourth-order valence-corrected chi connectivity index (χ4v) is 2.35. The van der Waals surface area contributed by atoms with E-state index in [1.54, 1.807) is 37.3 Å². The van der Waals surface area contributed by atoms with Gasteiger partial charge in [-0.25, -0.2) is 10.2 Å². The van der Waals surface area contributed by atoms with Crippen molar-refractivity contribution in [3.63, 3.8) is 0 Å². The number of esters is 1. The highest BCUT2D eigenvalue weighted by Crippen LogP contribution is 2.16. The molecule has 2 aromatic carbocycles. The third-order valence-corrected chi connectivity index (χ3v) is 3.89. The first kappa shape index (κ1) is 19.5. The lowest BCUT2D eigenvalue weighted by atomic mass is 10.2. The van der Waals surface area contributed by atoms with Crippen LogP contribution in [0.4, 0.5) is 5.69 Å². The number of nitro benzene ring substituents is 1. The molecule has 3 aromatic rings. The van der Waals surface area contributed by atoms with Gasteiger partial charge in [-0.15, -0.1) is 0 Å². The van der Waals surface area contributed by atoms with Gasteiger partial charge < -0.3 is 9.15 Å². The van der Waals surface area contributed by atoms with Crippen molar-refractivity contribution in [1.82, 2.24) is 5.43 Å². The third-order valence-electron chi connectivity index (χ3n) is 3.89. The summed E-state index contributed by atoms with van der Waals surface area (Å²) in [5.74, 6) is -0.231. The largest absolute Gasteiger partial charge is 0.469 e. The number of hydrazone groups is 1. The maximum absolute atomic E-state index is 12.1. The molecule has 0 aliphatic carbocycles. The Morgan fingerprint density at radius 2 is 1.79 bits per heavy atom. The summed E-state index contributed by atoms with van der Waals surface area (Å²) in [6.45, 7) is 1.68. The van der Waals surface area contributed by atoms with E-state index >= 15 is 0 Å². The Morgan fingerprint density at radius 3 is 2.38 bits per heavy atom. The molecule has 1 N–H and O–H groups in total. The Hall–Kier alpha value is -4.27. The van der Waals surface area contributed by atoms with Gasteiger partial charge in [0, 0.05) is 12.1 Å². The molecule has 29 heavy (non-hydrogen) atoms. The van der Waals surface area contributed by atoms with Crippen LogP contribution in [0.3, 0.4) is 0 Å². The van der Waals surface area contributed by atoms with Gasteiger partial charge in [-0.2, -0.15) is 5.10 Å². The number of nitrogens with one attached hydrogen (secondary N) is 1. The van der Waals surface area contributed by atoms with Crippen LogP contribution in [0.5, 0.6) is 5.75 Å². The zero-order valence-corrected chi connectivity index (χ0v) is 15.2. The number of aryl methyl sites for hydroxylation is 1. The number of benzene rings is 2. The summed E-state index contributed by atoms with van der Waals surface area (Å²) in [6, 6.07) is 13.1.